The van der Waals surface area contributed by atoms with Crippen LogP contribution in [0, 0.1) is 6.92 Å². The first kappa shape index (κ1) is 24.5. The van der Waals surface area contributed by atoms with Gasteiger partial charge in [-0.3, -0.25) is 19.1 Å². The van der Waals surface area contributed by atoms with E-state index >= 15 is 0 Å². The number of carbonyl (C=O) groups excluding carboxylic acids is 1. The maximum atomic E-state index is 12.9. The summed E-state index contributed by atoms with van der Waals surface area (Å²) in [5.41, 5.74) is 2.66. The normalized spacial score (nSPS) is 14.4. The zero-order valence-corrected chi connectivity index (χ0v) is 20.0. The van der Waals surface area contributed by atoms with Gasteiger partial charge < -0.3 is 10.1 Å². The smallest absolute Gasteiger partial charge is 0.257 e. The van der Waals surface area contributed by atoms with Gasteiger partial charge in [0.05, 0.1) is 13.2 Å². The van der Waals surface area contributed by atoms with Gasteiger partial charge in [0.15, 0.2) is 5.16 Å². The Morgan fingerprint density at radius 2 is 1.94 bits per heavy atom. The van der Waals surface area contributed by atoms with Crippen molar-refractivity contribution < 1.29 is 9.53 Å². The number of carbonyl (C=O) groups is 1. The molecule has 0 radical (unpaired) electrons. The van der Waals surface area contributed by atoms with E-state index in [2.05, 4.69) is 15.2 Å². The van der Waals surface area contributed by atoms with Gasteiger partial charge in [0.1, 0.15) is 0 Å². The second-order valence-corrected chi connectivity index (χ2v) is 9.16. The quantitative estimate of drug-likeness (QED) is 0.317. The molecule has 1 N–H and O–H groups in total. The van der Waals surface area contributed by atoms with Gasteiger partial charge in [-0.1, -0.05) is 42.1 Å². The summed E-state index contributed by atoms with van der Waals surface area (Å²) in [5.74, 6) is 0.939. The molecule has 1 aromatic carbocycles. The zero-order chi connectivity index (χ0) is 22.8. The Bertz CT molecular complexity index is 927. The summed E-state index contributed by atoms with van der Waals surface area (Å²) in [6.07, 6.45) is 2.86. The van der Waals surface area contributed by atoms with Gasteiger partial charge in [0.2, 0.25) is 5.91 Å². The van der Waals surface area contributed by atoms with Crippen LogP contribution in [0.4, 0.5) is 0 Å². The van der Waals surface area contributed by atoms with Crippen molar-refractivity contribution in [1.82, 2.24) is 19.8 Å². The van der Waals surface area contributed by atoms with Gasteiger partial charge in [0, 0.05) is 63.1 Å². The predicted octanol–water partition coefficient (Wildman–Crippen LogP) is 2.39. The van der Waals surface area contributed by atoms with Crippen molar-refractivity contribution in [3.63, 3.8) is 0 Å². The largest absolute Gasteiger partial charge is 0.379 e. The van der Waals surface area contributed by atoms with Crippen LogP contribution in [-0.2, 0) is 23.0 Å². The molecule has 8 heteroatoms. The predicted molar refractivity (Wildman–Crippen MR) is 128 cm³/mol. The van der Waals surface area contributed by atoms with Crippen LogP contribution in [0.15, 0.2) is 40.3 Å². The highest BCUT2D eigenvalue weighted by molar-refractivity contribution is 7.99. The minimum atomic E-state index is 0.0171. The van der Waals surface area contributed by atoms with Gasteiger partial charge in [-0.15, -0.1) is 0 Å². The van der Waals surface area contributed by atoms with Crippen molar-refractivity contribution in [3.05, 3.63) is 57.5 Å². The maximum Gasteiger partial charge on any atom is 0.257 e. The summed E-state index contributed by atoms with van der Waals surface area (Å²) in [5, 5.41) is 3.74. The van der Waals surface area contributed by atoms with Gasteiger partial charge in [-0.05, 0) is 25.3 Å². The van der Waals surface area contributed by atoms with E-state index in [1.807, 2.05) is 37.3 Å². The summed E-state index contributed by atoms with van der Waals surface area (Å²) in [6.45, 7) is 6.92. The molecule has 0 unspecified atom stereocenters. The van der Waals surface area contributed by atoms with E-state index in [-0.39, 0.29) is 11.5 Å². The number of aromatic nitrogens is 2. The third-order valence-corrected chi connectivity index (χ3v) is 6.77. The molecule has 1 amide bonds. The molecule has 7 nitrogen and oxygen atoms in total. The molecule has 3 rings (SSSR count). The van der Waals surface area contributed by atoms with Crippen LogP contribution < -0.4 is 10.9 Å². The summed E-state index contributed by atoms with van der Waals surface area (Å²) in [7, 11) is 1.79. The molecule has 0 spiro atoms. The number of morpholine rings is 1. The lowest BCUT2D eigenvalue weighted by molar-refractivity contribution is -0.121. The maximum absolute atomic E-state index is 12.9. The fraction of sp³-hybridized carbons (Fsp3) is 0.542. The highest BCUT2D eigenvalue weighted by Gasteiger charge is 2.13. The fourth-order valence-electron chi connectivity index (χ4n) is 3.68. The van der Waals surface area contributed by atoms with Crippen LogP contribution >= 0.6 is 11.8 Å². The second kappa shape index (κ2) is 12.8. The lowest BCUT2D eigenvalue weighted by Crippen LogP contribution is -2.41. The summed E-state index contributed by atoms with van der Waals surface area (Å²) in [4.78, 5) is 31.9. The fourth-order valence-corrected chi connectivity index (χ4v) is 4.69. The molecule has 0 aliphatic carbocycles. The van der Waals surface area contributed by atoms with Crippen molar-refractivity contribution in [1.29, 1.82) is 0 Å². The number of benzene rings is 1. The van der Waals surface area contributed by atoms with E-state index in [1.165, 1.54) is 0 Å². The van der Waals surface area contributed by atoms with Crippen molar-refractivity contribution in [3.8, 4) is 0 Å². The topological polar surface area (TPSA) is 76.5 Å². The minimum Gasteiger partial charge on any atom is -0.379 e. The third kappa shape index (κ3) is 7.46. The minimum absolute atomic E-state index is 0.0171. The number of ether oxygens (including phenoxy) is 1. The number of nitrogens with one attached hydrogen (secondary N) is 1. The number of unbranched alkanes of at least 4 members (excludes halogenated alkanes) is 1. The van der Waals surface area contributed by atoms with Crippen molar-refractivity contribution >= 4 is 17.7 Å². The zero-order valence-electron chi connectivity index (χ0n) is 19.1. The van der Waals surface area contributed by atoms with Crippen molar-refractivity contribution in [2.24, 2.45) is 7.05 Å². The van der Waals surface area contributed by atoms with Gasteiger partial charge in [-0.25, -0.2) is 4.98 Å². The van der Waals surface area contributed by atoms with E-state index < -0.39 is 0 Å². The molecular weight excluding hydrogens is 424 g/mol. The molecule has 2 heterocycles. The van der Waals surface area contributed by atoms with Crippen molar-refractivity contribution in [2.75, 3.05) is 45.1 Å². The Hall–Kier alpha value is -2.16. The molecule has 0 bridgehead atoms. The van der Waals surface area contributed by atoms with Gasteiger partial charge >= 0.3 is 0 Å². The Morgan fingerprint density at radius 3 is 2.69 bits per heavy atom. The van der Waals surface area contributed by atoms with Gasteiger partial charge in [0.25, 0.3) is 5.56 Å². The van der Waals surface area contributed by atoms with E-state index in [9.17, 15) is 9.59 Å². The number of thioether (sulfide) groups is 1. The van der Waals surface area contributed by atoms with Crippen LogP contribution in [0.1, 0.15) is 36.1 Å². The highest BCUT2D eigenvalue weighted by atomic mass is 32.2. The van der Waals surface area contributed by atoms with E-state index in [0.29, 0.717) is 19.4 Å². The Morgan fingerprint density at radius 1 is 1.19 bits per heavy atom. The first-order valence-corrected chi connectivity index (χ1v) is 12.3. The van der Waals surface area contributed by atoms with Crippen molar-refractivity contribution in [2.45, 2.75) is 37.8 Å². The molecule has 1 aliphatic heterocycles. The summed E-state index contributed by atoms with van der Waals surface area (Å²) >= 11 is 1.58. The molecule has 1 aromatic heterocycles. The van der Waals surface area contributed by atoms with Crippen LogP contribution in [-0.4, -0.2) is 65.5 Å². The van der Waals surface area contributed by atoms with Crippen LogP contribution in [0.3, 0.4) is 0 Å². The lowest BCUT2D eigenvalue weighted by Gasteiger charge is -2.26. The molecule has 1 aliphatic rings. The number of hydrogen-bond acceptors (Lipinski definition) is 6. The monoisotopic (exact) mass is 458 g/mol. The number of hydrogen-bond donors (Lipinski definition) is 1. The summed E-state index contributed by atoms with van der Waals surface area (Å²) < 4.78 is 6.98. The van der Waals surface area contributed by atoms with E-state index in [1.54, 1.807) is 23.4 Å². The molecule has 32 heavy (non-hydrogen) atoms. The molecule has 0 atom stereocenters. The SMILES string of the molecule is Cc1nc(SCCCCC(=O)NCCN2CCOCC2)n(C)c(=O)c1Cc1ccccc1. The third-order valence-electron chi connectivity index (χ3n) is 5.66. The lowest BCUT2D eigenvalue weighted by atomic mass is 10.1. The number of aryl methyl sites for hydroxylation is 1. The van der Waals surface area contributed by atoms with Gasteiger partial charge in [-0.2, -0.15) is 0 Å². The molecule has 174 valence electrons. The average Bonchev–Trinajstić information content (AvgIpc) is 2.81. The van der Waals surface area contributed by atoms with E-state index in [4.69, 9.17) is 4.74 Å². The van der Waals surface area contributed by atoms with Crippen LogP contribution in [0.5, 0.6) is 0 Å². The Kier molecular flexibility index (Phi) is 9.77. The number of nitrogens with zero attached hydrogens (tertiary/aromatic N) is 3. The van der Waals surface area contributed by atoms with Crippen LogP contribution in [0.25, 0.3) is 0 Å². The summed E-state index contributed by atoms with van der Waals surface area (Å²) in [6, 6.07) is 10.00. The number of rotatable bonds is 11. The highest BCUT2D eigenvalue weighted by Crippen LogP contribution is 2.18. The Labute approximate surface area is 194 Å². The number of amides is 1. The molecular formula is C24H34N4O3S. The van der Waals surface area contributed by atoms with Crippen LogP contribution in [0.2, 0.25) is 0 Å². The first-order valence-electron chi connectivity index (χ1n) is 11.3. The molecule has 1 saturated heterocycles. The molecule has 2 aromatic rings. The molecule has 1 fully saturated rings. The molecule has 0 saturated carbocycles. The second-order valence-electron chi connectivity index (χ2n) is 8.09. The average molecular weight is 459 g/mol. The Balaban J connectivity index is 1.38. The van der Waals surface area contributed by atoms with E-state index in [0.717, 1.165) is 73.4 Å². The first-order chi connectivity index (χ1) is 15.5. The standard InChI is InChI=1S/C24H34N4O3S/c1-19-21(18-20-8-4-3-5-9-20)23(30)27(2)24(26-19)32-17-7-6-10-22(29)25-11-12-28-13-15-31-16-14-28/h3-5,8-9H,6-7,10-18H2,1-2H3,(H,25,29).